The van der Waals surface area contributed by atoms with E-state index in [1.165, 1.54) is 32.1 Å². The minimum absolute atomic E-state index is 0.0694. The zero-order chi connectivity index (χ0) is 25.5. The zero-order valence-electron chi connectivity index (χ0n) is 22.0. The van der Waals surface area contributed by atoms with Gasteiger partial charge < -0.3 is 24.2 Å². The van der Waals surface area contributed by atoms with Gasteiger partial charge in [-0.2, -0.15) is 0 Å². The van der Waals surface area contributed by atoms with Crippen LogP contribution >= 0.6 is 0 Å². The first-order valence-corrected chi connectivity index (χ1v) is 12.8. The van der Waals surface area contributed by atoms with Crippen LogP contribution in [0.2, 0.25) is 0 Å². The van der Waals surface area contributed by atoms with Gasteiger partial charge in [-0.15, -0.1) is 0 Å². The van der Waals surface area contributed by atoms with E-state index in [1.807, 2.05) is 6.92 Å². The molecule has 0 rings (SSSR count). The van der Waals surface area contributed by atoms with E-state index in [0.29, 0.717) is 17.3 Å². The number of carboxylic acids is 1. The summed E-state index contributed by atoms with van der Waals surface area (Å²) >= 11 is 0. The van der Waals surface area contributed by atoms with Gasteiger partial charge in [0.2, 0.25) is 0 Å². The van der Waals surface area contributed by atoms with Crippen LogP contribution in [0.5, 0.6) is 0 Å². The summed E-state index contributed by atoms with van der Waals surface area (Å²) < 4.78 is 5.46. The molecule has 0 amide bonds. The van der Waals surface area contributed by atoms with E-state index in [9.17, 15) is 19.8 Å². The number of hydrogen-bond donors (Lipinski definition) is 2. The maximum atomic E-state index is 11.4. The van der Waals surface area contributed by atoms with E-state index < -0.39 is 12.2 Å². The molecule has 196 valence electrons. The second kappa shape index (κ2) is 22.4. The summed E-state index contributed by atoms with van der Waals surface area (Å²) in [4.78, 5) is 21.3. The van der Waals surface area contributed by atoms with Crippen molar-refractivity contribution in [1.29, 1.82) is 0 Å². The first-order valence-electron chi connectivity index (χ1n) is 12.8. The summed E-state index contributed by atoms with van der Waals surface area (Å²) in [6.45, 7) is 4.18. The number of nitrogens with two attached hydrogens (primary N) is 1. The summed E-state index contributed by atoms with van der Waals surface area (Å²) in [5, 5.41) is 19.8. The summed E-state index contributed by atoms with van der Waals surface area (Å²) in [6, 6.07) is 0. The number of aliphatic carboxylic acids is 1. The summed E-state index contributed by atoms with van der Waals surface area (Å²) in [7, 11) is 5.40. The number of carboxylic acid groups (broad SMARTS) is 1. The van der Waals surface area contributed by atoms with E-state index in [0.717, 1.165) is 44.9 Å². The Morgan fingerprint density at radius 3 is 2.12 bits per heavy atom. The van der Waals surface area contributed by atoms with Crippen molar-refractivity contribution in [3.63, 3.8) is 0 Å². The normalized spacial score (nSPS) is 13.3. The predicted octanol–water partition coefficient (Wildman–Crippen LogP) is 3.68. The number of esters is 1. The quantitative estimate of drug-likeness (QED) is 0.0975. The van der Waals surface area contributed by atoms with Crippen molar-refractivity contribution in [3.8, 4) is 0 Å². The van der Waals surface area contributed by atoms with Crippen LogP contribution in [0.4, 0.5) is 0 Å². The number of nitrogens with zero attached hydrogens (tertiary/aromatic N) is 1. The fourth-order valence-electron chi connectivity index (χ4n) is 3.06. The molecule has 0 fully saturated rings. The van der Waals surface area contributed by atoms with Crippen LogP contribution in [0.1, 0.15) is 104 Å². The highest BCUT2D eigenvalue weighted by atomic mass is 16.6. The van der Waals surface area contributed by atoms with Crippen LogP contribution in [0.15, 0.2) is 12.2 Å². The minimum Gasteiger partial charge on any atom is -0.544 e. The van der Waals surface area contributed by atoms with Crippen LogP contribution in [0.3, 0.4) is 0 Å². The Balaban J connectivity index is 0. The topological polar surface area (TPSA) is 113 Å². The van der Waals surface area contributed by atoms with Gasteiger partial charge in [-0.1, -0.05) is 70.9 Å². The van der Waals surface area contributed by atoms with E-state index in [-0.39, 0.29) is 18.6 Å². The number of aliphatic hydroxyl groups excluding tert-OH is 1. The molecule has 0 spiro atoms. The molecule has 0 aliphatic carbocycles. The Morgan fingerprint density at radius 2 is 1.58 bits per heavy atom. The maximum Gasteiger partial charge on any atom is 0.307 e. The van der Waals surface area contributed by atoms with Crippen LogP contribution in [-0.2, 0) is 14.3 Å². The molecule has 0 radical (unpaired) electrons. The standard InChI is InChI=1S/C21H41NO3.C5H11NO2/c1-3-5-6-13-16-19(23)17-14-11-9-7-8-10-12-15-18-21(24)25-20(22)4-2;1-6(2,3)4-5(7)8/h11,14,19-20,23H,3-10,12-13,15-18,22H2,1-2H3;4H2,1-3H3/b14-11-;/t19-,20?;/m1./s1. The predicted molar refractivity (Wildman–Crippen MR) is 133 cm³/mol. The second-order valence-electron chi connectivity index (χ2n) is 9.77. The third kappa shape index (κ3) is 30.6. The summed E-state index contributed by atoms with van der Waals surface area (Å²) in [5.41, 5.74) is 5.57. The number of likely N-dealkylation sites (N-methyl/N-ethyl adjacent to an activating group) is 1. The molecule has 0 aliphatic heterocycles. The number of hydrogen-bond acceptors (Lipinski definition) is 6. The highest BCUT2D eigenvalue weighted by molar-refractivity contribution is 5.69. The first kappa shape index (κ1) is 33.7. The number of quaternary nitrogens is 1. The maximum absolute atomic E-state index is 11.4. The molecule has 7 heteroatoms. The van der Waals surface area contributed by atoms with Gasteiger partial charge in [-0.05, 0) is 38.5 Å². The van der Waals surface area contributed by atoms with Crippen LogP contribution in [-0.4, -0.2) is 61.5 Å². The van der Waals surface area contributed by atoms with Crippen molar-refractivity contribution >= 4 is 11.9 Å². The van der Waals surface area contributed by atoms with Gasteiger partial charge in [0.05, 0.1) is 33.2 Å². The Bertz CT molecular complexity index is 503. The number of carbonyl (C=O) groups is 2. The molecule has 0 saturated carbocycles. The lowest BCUT2D eigenvalue weighted by molar-refractivity contribution is -0.864. The summed E-state index contributed by atoms with van der Waals surface area (Å²) in [5.74, 6) is -1.18. The average Bonchev–Trinajstić information content (AvgIpc) is 2.71. The Kier molecular flexibility index (Phi) is 22.9. The van der Waals surface area contributed by atoms with E-state index in [4.69, 9.17) is 10.5 Å². The van der Waals surface area contributed by atoms with Gasteiger partial charge in [-0.3, -0.25) is 10.5 Å². The molecule has 1 unspecified atom stereocenters. The van der Waals surface area contributed by atoms with Crippen LogP contribution < -0.4 is 10.8 Å². The molecule has 0 aromatic heterocycles. The fraction of sp³-hybridized carbons (Fsp3) is 0.846. The smallest absolute Gasteiger partial charge is 0.307 e. The molecule has 0 bridgehead atoms. The monoisotopic (exact) mass is 472 g/mol. The van der Waals surface area contributed by atoms with Gasteiger partial charge in [0.15, 0.2) is 6.23 Å². The minimum atomic E-state index is -1.00. The molecule has 0 heterocycles. The Hall–Kier alpha value is -1.44. The molecule has 0 aliphatic rings. The van der Waals surface area contributed by atoms with E-state index in [1.54, 1.807) is 21.1 Å². The Labute approximate surface area is 203 Å². The van der Waals surface area contributed by atoms with Gasteiger partial charge in [-0.25, -0.2) is 0 Å². The lowest BCUT2D eigenvalue weighted by atomic mass is 10.1. The number of rotatable bonds is 19. The average molecular weight is 473 g/mol. The lowest BCUT2D eigenvalue weighted by Crippen LogP contribution is -2.45. The van der Waals surface area contributed by atoms with Crippen LogP contribution in [0, 0.1) is 0 Å². The number of allylic oxidation sites excluding steroid dienone is 1. The largest absolute Gasteiger partial charge is 0.544 e. The van der Waals surface area contributed by atoms with Crippen molar-refractivity contribution in [2.45, 2.75) is 116 Å². The molecule has 0 aromatic carbocycles. The zero-order valence-corrected chi connectivity index (χ0v) is 22.0. The van der Waals surface area contributed by atoms with Crippen molar-refractivity contribution < 1.29 is 29.0 Å². The summed E-state index contributed by atoms with van der Waals surface area (Å²) in [6.07, 6.45) is 18.0. The molecule has 7 nitrogen and oxygen atoms in total. The number of ether oxygens (including phenoxy) is 1. The van der Waals surface area contributed by atoms with Gasteiger partial charge >= 0.3 is 5.97 Å². The number of unbranched alkanes of at least 4 members (excludes halogenated alkanes) is 8. The first-order chi connectivity index (χ1) is 15.5. The Morgan fingerprint density at radius 1 is 0.970 bits per heavy atom. The molecule has 2 atom stereocenters. The SMILES string of the molecule is CCCCCC[C@@H](O)C/C=C\CCCCCCCC(=O)OC(N)CC.C[N+](C)(C)CC(=O)[O-]. The number of aliphatic hydroxyl groups is 1. The van der Waals surface area contributed by atoms with E-state index >= 15 is 0 Å². The second-order valence-corrected chi connectivity index (χ2v) is 9.77. The highest BCUT2D eigenvalue weighted by Crippen LogP contribution is 2.11. The number of carbonyl (C=O) groups excluding carboxylic acids is 2. The van der Waals surface area contributed by atoms with Crippen molar-refractivity contribution in [3.05, 3.63) is 12.2 Å². The molecule has 3 N–H and O–H groups in total. The van der Waals surface area contributed by atoms with Gasteiger partial charge in [0, 0.05) is 6.42 Å². The highest BCUT2D eigenvalue weighted by Gasteiger charge is 2.07. The lowest BCUT2D eigenvalue weighted by Gasteiger charge is -2.23. The molecular weight excluding hydrogens is 420 g/mol. The molecule has 0 aromatic rings. The third-order valence-electron chi connectivity index (χ3n) is 5.01. The van der Waals surface area contributed by atoms with Crippen molar-refractivity contribution in [1.82, 2.24) is 0 Å². The van der Waals surface area contributed by atoms with Gasteiger partial charge in [0.25, 0.3) is 0 Å². The third-order valence-corrected chi connectivity index (χ3v) is 5.01. The molecular formula is C26H52N2O5. The van der Waals surface area contributed by atoms with Crippen LogP contribution in [0.25, 0.3) is 0 Å². The fourth-order valence-corrected chi connectivity index (χ4v) is 3.06. The van der Waals surface area contributed by atoms with Crippen molar-refractivity contribution in [2.75, 3.05) is 27.7 Å². The molecule has 0 saturated heterocycles. The van der Waals surface area contributed by atoms with Gasteiger partial charge in [0.1, 0.15) is 6.54 Å². The molecule has 33 heavy (non-hydrogen) atoms. The van der Waals surface area contributed by atoms with Crippen molar-refractivity contribution in [2.24, 2.45) is 5.73 Å². The van der Waals surface area contributed by atoms with E-state index in [2.05, 4.69) is 19.1 Å².